The molecule has 0 unspecified atom stereocenters. The highest BCUT2D eigenvalue weighted by Gasteiger charge is 2.02. The minimum atomic E-state index is -0.444. The van der Waals surface area contributed by atoms with Gasteiger partial charge >= 0.3 is 0 Å². The van der Waals surface area contributed by atoms with Crippen LogP contribution in [0.15, 0.2) is 0 Å². The quantitative estimate of drug-likeness (QED) is 0.502. The average molecular weight is 112 g/mol. The van der Waals surface area contributed by atoms with Crippen LogP contribution in [-0.4, -0.2) is 11.2 Å². The van der Waals surface area contributed by atoms with Crippen molar-refractivity contribution in [2.24, 2.45) is 5.92 Å². The molecule has 0 heterocycles. The van der Waals surface area contributed by atoms with E-state index in [0.29, 0.717) is 0 Å². The second-order valence-corrected chi connectivity index (χ2v) is 2.08. The van der Waals surface area contributed by atoms with Crippen molar-refractivity contribution in [1.29, 1.82) is 0 Å². The highest BCUT2D eigenvalue weighted by Crippen LogP contribution is 1.97. The standard InChI is InChI=1S/C7H12O/c1-4-5-7(8)6(2)3/h6-8H,1-3H3/t7-/m0/s1. The highest BCUT2D eigenvalue weighted by atomic mass is 16.3. The molecule has 0 aliphatic carbocycles. The van der Waals surface area contributed by atoms with E-state index in [1.807, 2.05) is 13.8 Å². The first-order chi connectivity index (χ1) is 3.68. The van der Waals surface area contributed by atoms with Gasteiger partial charge < -0.3 is 5.11 Å². The SMILES string of the molecule is CC#C[C@H](O)C(C)C. The Hall–Kier alpha value is -0.480. The maximum absolute atomic E-state index is 8.95. The fourth-order valence-electron chi connectivity index (χ4n) is 0.315. The van der Waals surface area contributed by atoms with Crippen LogP contribution in [0.5, 0.6) is 0 Å². The third-order valence-corrected chi connectivity index (χ3v) is 0.924. The van der Waals surface area contributed by atoms with Gasteiger partial charge in [0.05, 0.1) is 0 Å². The van der Waals surface area contributed by atoms with E-state index in [1.54, 1.807) is 6.92 Å². The molecule has 1 heteroatoms. The van der Waals surface area contributed by atoms with Crippen molar-refractivity contribution in [3.63, 3.8) is 0 Å². The first kappa shape index (κ1) is 7.52. The van der Waals surface area contributed by atoms with Crippen LogP contribution in [-0.2, 0) is 0 Å². The topological polar surface area (TPSA) is 20.2 Å². The van der Waals surface area contributed by atoms with Crippen LogP contribution in [0.3, 0.4) is 0 Å². The molecule has 1 atom stereocenters. The number of aliphatic hydroxyl groups excluding tert-OH is 1. The van der Waals surface area contributed by atoms with Crippen LogP contribution in [0.1, 0.15) is 20.8 Å². The molecule has 8 heavy (non-hydrogen) atoms. The lowest BCUT2D eigenvalue weighted by Crippen LogP contribution is -2.10. The van der Waals surface area contributed by atoms with E-state index >= 15 is 0 Å². The normalized spacial score (nSPS) is 12.6. The van der Waals surface area contributed by atoms with E-state index < -0.39 is 6.10 Å². The molecule has 46 valence electrons. The summed E-state index contributed by atoms with van der Waals surface area (Å²) in [5.74, 6) is 5.55. The van der Waals surface area contributed by atoms with Crippen LogP contribution in [0, 0.1) is 17.8 Å². The molecule has 0 spiro atoms. The fourth-order valence-corrected chi connectivity index (χ4v) is 0.315. The van der Waals surface area contributed by atoms with Crippen LogP contribution < -0.4 is 0 Å². The number of aliphatic hydroxyl groups is 1. The second-order valence-electron chi connectivity index (χ2n) is 2.08. The molecule has 0 aromatic heterocycles. The maximum Gasteiger partial charge on any atom is 0.117 e. The fraction of sp³-hybridized carbons (Fsp3) is 0.714. The zero-order valence-corrected chi connectivity index (χ0v) is 5.60. The summed E-state index contributed by atoms with van der Waals surface area (Å²) in [5.41, 5.74) is 0. The van der Waals surface area contributed by atoms with E-state index in [0.717, 1.165) is 0 Å². The first-order valence-electron chi connectivity index (χ1n) is 2.78. The van der Waals surface area contributed by atoms with E-state index in [9.17, 15) is 0 Å². The Balaban J connectivity index is 3.58. The van der Waals surface area contributed by atoms with Gasteiger partial charge in [0.1, 0.15) is 6.10 Å². The molecule has 0 rings (SSSR count). The largest absolute Gasteiger partial charge is 0.380 e. The summed E-state index contributed by atoms with van der Waals surface area (Å²) in [6.07, 6.45) is -0.444. The molecule has 0 aromatic carbocycles. The molecule has 0 fully saturated rings. The summed E-state index contributed by atoms with van der Waals surface area (Å²) < 4.78 is 0. The van der Waals surface area contributed by atoms with Gasteiger partial charge in [0.2, 0.25) is 0 Å². The molecular weight excluding hydrogens is 100 g/mol. The Morgan fingerprint density at radius 3 is 2.00 bits per heavy atom. The summed E-state index contributed by atoms with van der Waals surface area (Å²) >= 11 is 0. The van der Waals surface area contributed by atoms with Crippen LogP contribution in [0.2, 0.25) is 0 Å². The monoisotopic (exact) mass is 112 g/mol. The van der Waals surface area contributed by atoms with Crippen molar-refractivity contribution in [3.05, 3.63) is 0 Å². The van der Waals surface area contributed by atoms with Gasteiger partial charge in [-0.1, -0.05) is 19.8 Å². The second kappa shape index (κ2) is 3.51. The number of rotatable bonds is 1. The van der Waals surface area contributed by atoms with E-state index in [4.69, 9.17) is 5.11 Å². The molecule has 0 aliphatic rings. The minimum absolute atomic E-state index is 0.252. The van der Waals surface area contributed by atoms with Crippen molar-refractivity contribution in [2.75, 3.05) is 0 Å². The van der Waals surface area contributed by atoms with Gasteiger partial charge in [-0.05, 0) is 12.8 Å². The van der Waals surface area contributed by atoms with Crippen molar-refractivity contribution in [1.82, 2.24) is 0 Å². The Morgan fingerprint density at radius 1 is 1.38 bits per heavy atom. The molecule has 1 nitrogen and oxygen atoms in total. The molecule has 0 bridgehead atoms. The first-order valence-corrected chi connectivity index (χ1v) is 2.78. The summed E-state index contributed by atoms with van der Waals surface area (Å²) in [4.78, 5) is 0. The summed E-state index contributed by atoms with van der Waals surface area (Å²) in [7, 11) is 0. The number of hydrogen-bond acceptors (Lipinski definition) is 1. The molecule has 0 aromatic rings. The Morgan fingerprint density at radius 2 is 1.88 bits per heavy atom. The molecule has 0 amide bonds. The molecular formula is C7H12O. The lowest BCUT2D eigenvalue weighted by atomic mass is 10.1. The van der Waals surface area contributed by atoms with Crippen LogP contribution >= 0.6 is 0 Å². The lowest BCUT2D eigenvalue weighted by Gasteiger charge is -2.04. The van der Waals surface area contributed by atoms with Crippen LogP contribution in [0.4, 0.5) is 0 Å². The minimum Gasteiger partial charge on any atom is -0.380 e. The smallest absolute Gasteiger partial charge is 0.117 e. The van der Waals surface area contributed by atoms with E-state index in [1.165, 1.54) is 0 Å². The van der Waals surface area contributed by atoms with Crippen molar-refractivity contribution < 1.29 is 5.11 Å². The molecule has 0 saturated heterocycles. The molecule has 0 radical (unpaired) electrons. The third kappa shape index (κ3) is 2.65. The predicted molar refractivity (Wildman–Crippen MR) is 34.3 cm³/mol. The zero-order valence-electron chi connectivity index (χ0n) is 5.60. The van der Waals surface area contributed by atoms with Gasteiger partial charge in [-0.3, -0.25) is 0 Å². The highest BCUT2D eigenvalue weighted by molar-refractivity contribution is 5.02. The van der Waals surface area contributed by atoms with Crippen molar-refractivity contribution in [3.8, 4) is 11.8 Å². The molecule has 0 saturated carbocycles. The Labute approximate surface area is 50.7 Å². The Kier molecular flexibility index (Phi) is 3.30. The van der Waals surface area contributed by atoms with Gasteiger partial charge in [-0.25, -0.2) is 0 Å². The zero-order chi connectivity index (χ0) is 6.57. The molecule has 1 N–H and O–H groups in total. The van der Waals surface area contributed by atoms with Gasteiger partial charge in [0.15, 0.2) is 0 Å². The van der Waals surface area contributed by atoms with Crippen molar-refractivity contribution >= 4 is 0 Å². The van der Waals surface area contributed by atoms with Gasteiger partial charge in [-0.15, -0.1) is 5.92 Å². The van der Waals surface area contributed by atoms with Crippen molar-refractivity contribution in [2.45, 2.75) is 26.9 Å². The van der Waals surface area contributed by atoms with Gasteiger partial charge in [0, 0.05) is 0 Å². The van der Waals surface area contributed by atoms with Gasteiger partial charge in [0.25, 0.3) is 0 Å². The Bertz CT molecular complexity index is 105. The maximum atomic E-state index is 8.95. The number of hydrogen-bond donors (Lipinski definition) is 1. The average Bonchev–Trinajstić information content (AvgIpc) is 1.67. The predicted octanol–water partition coefficient (Wildman–Crippen LogP) is 1.03. The third-order valence-electron chi connectivity index (χ3n) is 0.924. The van der Waals surface area contributed by atoms with E-state index in [2.05, 4.69) is 11.8 Å². The summed E-state index contributed by atoms with van der Waals surface area (Å²) in [6, 6.07) is 0. The molecule has 0 aliphatic heterocycles. The lowest BCUT2D eigenvalue weighted by molar-refractivity contribution is 0.181. The van der Waals surface area contributed by atoms with Crippen LogP contribution in [0.25, 0.3) is 0 Å². The summed E-state index contributed by atoms with van der Waals surface area (Å²) in [5, 5.41) is 8.95. The van der Waals surface area contributed by atoms with Gasteiger partial charge in [-0.2, -0.15) is 0 Å². The van der Waals surface area contributed by atoms with E-state index in [-0.39, 0.29) is 5.92 Å². The summed E-state index contributed by atoms with van der Waals surface area (Å²) in [6.45, 7) is 5.61.